The molecule has 4 rings (SSSR count). The van der Waals surface area contributed by atoms with Crippen molar-refractivity contribution < 1.29 is 13.6 Å². The van der Waals surface area contributed by atoms with Crippen LogP contribution in [0.3, 0.4) is 0 Å². The van der Waals surface area contributed by atoms with E-state index in [9.17, 15) is 13.6 Å². The Kier molecular flexibility index (Phi) is 4.97. The maximum atomic E-state index is 14.0. The third-order valence-corrected chi connectivity index (χ3v) is 7.50. The number of halogens is 2. The highest BCUT2D eigenvalue weighted by Gasteiger charge is 2.50. The zero-order valence-corrected chi connectivity index (χ0v) is 16.2. The van der Waals surface area contributed by atoms with Crippen molar-refractivity contribution >= 4 is 17.7 Å². The number of nitrogens with zero attached hydrogens (tertiary/aromatic N) is 1. The molecule has 2 aliphatic rings. The number of hydrogen-bond acceptors (Lipinski definition) is 2. The molecule has 2 aromatic carbocycles. The van der Waals surface area contributed by atoms with Crippen molar-refractivity contribution in [1.82, 2.24) is 4.90 Å². The minimum Gasteiger partial charge on any atom is -0.343 e. The average molecular weight is 387 g/mol. The van der Waals surface area contributed by atoms with E-state index in [1.165, 1.54) is 29.9 Å². The van der Waals surface area contributed by atoms with E-state index in [-0.39, 0.29) is 5.91 Å². The van der Waals surface area contributed by atoms with Crippen molar-refractivity contribution in [3.8, 4) is 11.1 Å². The number of piperidine rings is 1. The largest absolute Gasteiger partial charge is 0.343 e. The standard InChI is InChI=1S/C22H23F2NOS/c1-15(26)25-12-8-17(9-13-25)22(10-11-22)27-19-5-2-16(3-6-19)20-7-4-18(23)14-21(20)24/h2-7,14,17H,8-13H2,1H3. The number of rotatable bonds is 4. The fourth-order valence-corrected chi connectivity index (χ4v) is 5.55. The third kappa shape index (κ3) is 3.88. The second-order valence-corrected chi connectivity index (χ2v) is 9.08. The van der Waals surface area contributed by atoms with Crippen LogP contribution in [-0.2, 0) is 4.79 Å². The van der Waals surface area contributed by atoms with Gasteiger partial charge in [0.05, 0.1) is 0 Å². The van der Waals surface area contributed by atoms with Crippen LogP contribution in [0, 0.1) is 17.6 Å². The normalized spacial score (nSPS) is 19.1. The number of likely N-dealkylation sites (tertiary alicyclic amines) is 1. The van der Waals surface area contributed by atoms with Crippen LogP contribution >= 0.6 is 11.8 Å². The molecular weight excluding hydrogens is 364 g/mol. The molecule has 1 aliphatic heterocycles. The zero-order valence-electron chi connectivity index (χ0n) is 15.4. The van der Waals surface area contributed by atoms with Gasteiger partial charge in [-0.15, -0.1) is 11.8 Å². The van der Waals surface area contributed by atoms with Crippen LogP contribution in [-0.4, -0.2) is 28.6 Å². The third-order valence-electron chi connectivity index (χ3n) is 5.84. The summed E-state index contributed by atoms with van der Waals surface area (Å²) in [6, 6.07) is 11.6. The molecule has 0 atom stereocenters. The van der Waals surface area contributed by atoms with E-state index in [4.69, 9.17) is 0 Å². The molecule has 0 radical (unpaired) electrons. The summed E-state index contributed by atoms with van der Waals surface area (Å²) in [5, 5.41) is 0. The first-order chi connectivity index (χ1) is 13.0. The number of carbonyl (C=O) groups excluding carboxylic acids is 1. The van der Waals surface area contributed by atoms with Crippen LogP contribution in [0.4, 0.5) is 8.78 Å². The Bertz CT molecular complexity index is 840. The molecule has 0 N–H and O–H groups in total. The predicted octanol–water partition coefficient (Wildman–Crippen LogP) is 5.52. The second kappa shape index (κ2) is 7.27. The molecule has 0 spiro atoms. The number of hydrogen-bond donors (Lipinski definition) is 0. The molecule has 2 fully saturated rings. The summed E-state index contributed by atoms with van der Waals surface area (Å²) in [5.74, 6) is -0.275. The van der Waals surface area contributed by atoms with Gasteiger partial charge in [0, 0.05) is 41.3 Å². The fraction of sp³-hybridized carbons (Fsp3) is 0.409. The molecule has 0 unspecified atom stereocenters. The van der Waals surface area contributed by atoms with Gasteiger partial charge in [-0.2, -0.15) is 0 Å². The van der Waals surface area contributed by atoms with Crippen molar-refractivity contribution in [2.24, 2.45) is 5.92 Å². The van der Waals surface area contributed by atoms with E-state index in [0.29, 0.717) is 16.2 Å². The first-order valence-corrected chi connectivity index (χ1v) is 10.3. The molecule has 142 valence electrons. The number of amides is 1. The maximum absolute atomic E-state index is 14.0. The highest BCUT2D eigenvalue weighted by atomic mass is 32.2. The Balaban J connectivity index is 1.43. The molecule has 0 aromatic heterocycles. The Morgan fingerprint density at radius 3 is 2.30 bits per heavy atom. The Hall–Kier alpha value is -1.88. The van der Waals surface area contributed by atoms with Gasteiger partial charge < -0.3 is 4.90 Å². The highest BCUT2D eigenvalue weighted by molar-refractivity contribution is 8.01. The summed E-state index contributed by atoms with van der Waals surface area (Å²) in [5.41, 5.74) is 1.18. The van der Waals surface area contributed by atoms with Crippen LogP contribution < -0.4 is 0 Å². The van der Waals surface area contributed by atoms with Gasteiger partial charge in [0.15, 0.2) is 0 Å². The van der Waals surface area contributed by atoms with Gasteiger partial charge in [0.25, 0.3) is 0 Å². The Morgan fingerprint density at radius 1 is 1.07 bits per heavy atom. The fourth-order valence-electron chi connectivity index (χ4n) is 4.10. The summed E-state index contributed by atoms with van der Waals surface area (Å²) in [6.07, 6.45) is 4.59. The van der Waals surface area contributed by atoms with Crippen LogP contribution in [0.1, 0.15) is 32.6 Å². The van der Waals surface area contributed by atoms with Crippen LogP contribution in [0.15, 0.2) is 47.4 Å². The van der Waals surface area contributed by atoms with E-state index in [1.54, 1.807) is 6.92 Å². The van der Waals surface area contributed by atoms with Gasteiger partial charge in [-0.3, -0.25) is 4.79 Å². The first kappa shape index (κ1) is 18.5. The molecule has 2 aromatic rings. The molecule has 27 heavy (non-hydrogen) atoms. The second-order valence-electron chi connectivity index (χ2n) is 7.60. The molecule has 1 heterocycles. The van der Waals surface area contributed by atoms with Crippen LogP contribution in [0.25, 0.3) is 11.1 Å². The Labute approximate surface area is 163 Å². The summed E-state index contributed by atoms with van der Waals surface area (Å²) in [4.78, 5) is 14.7. The van der Waals surface area contributed by atoms with Gasteiger partial charge in [-0.1, -0.05) is 12.1 Å². The summed E-state index contributed by atoms with van der Waals surface area (Å²) >= 11 is 1.93. The smallest absolute Gasteiger partial charge is 0.219 e. The molecule has 5 heteroatoms. The van der Waals surface area contributed by atoms with Gasteiger partial charge in [0.2, 0.25) is 5.91 Å². The lowest BCUT2D eigenvalue weighted by atomic mass is 9.91. The van der Waals surface area contributed by atoms with E-state index in [2.05, 4.69) is 0 Å². The van der Waals surface area contributed by atoms with E-state index in [0.717, 1.165) is 37.6 Å². The summed E-state index contributed by atoms with van der Waals surface area (Å²) in [6.45, 7) is 3.38. The minimum absolute atomic E-state index is 0.176. The predicted molar refractivity (Wildman–Crippen MR) is 105 cm³/mol. The number of thioether (sulfide) groups is 1. The highest BCUT2D eigenvalue weighted by Crippen LogP contribution is 2.59. The quantitative estimate of drug-likeness (QED) is 0.689. The lowest BCUT2D eigenvalue weighted by Crippen LogP contribution is -2.40. The minimum atomic E-state index is -0.560. The van der Waals surface area contributed by atoms with E-state index >= 15 is 0 Å². The topological polar surface area (TPSA) is 20.3 Å². The maximum Gasteiger partial charge on any atom is 0.219 e. The molecule has 2 nitrogen and oxygen atoms in total. The molecule has 1 aliphatic carbocycles. The van der Waals surface area contributed by atoms with Crippen molar-refractivity contribution in [2.75, 3.05) is 13.1 Å². The monoisotopic (exact) mass is 387 g/mol. The van der Waals surface area contributed by atoms with Crippen molar-refractivity contribution in [1.29, 1.82) is 0 Å². The van der Waals surface area contributed by atoms with Crippen molar-refractivity contribution in [2.45, 2.75) is 42.2 Å². The van der Waals surface area contributed by atoms with E-state index < -0.39 is 11.6 Å². The molecule has 1 saturated carbocycles. The summed E-state index contributed by atoms with van der Waals surface area (Å²) < 4.78 is 27.4. The van der Waals surface area contributed by atoms with Gasteiger partial charge in [0.1, 0.15) is 11.6 Å². The van der Waals surface area contributed by atoms with E-state index in [1.807, 2.05) is 40.9 Å². The summed E-state index contributed by atoms with van der Waals surface area (Å²) in [7, 11) is 0. The molecular formula is C22H23F2NOS. The SMILES string of the molecule is CC(=O)N1CCC(C2(Sc3ccc(-c4ccc(F)cc4F)cc3)CC2)CC1. The molecule has 1 saturated heterocycles. The zero-order chi connectivity index (χ0) is 19.0. The van der Waals surface area contributed by atoms with Gasteiger partial charge in [-0.05, 0) is 61.4 Å². The molecule has 1 amide bonds. The average Bonchev–Trinajstić information content (AvgIpc) is 3.43. The van der Waals surface area contributed by atoms with Gasteiger partial charge >= 0.3 is 0 Å². The van der Waals surface area contributed by atoms with Crippen molar-refractivity contribution in [3.63, 3.8) is 0 Å². The Morgan fingerprint density at radius 2 is 1.74 bits per heavy atom. The van der Waals surface area contributed by atoms with Crippen molar-refractivity contribution in [3.05, 3.63) is 54.1 Å². The lowest BCUT2D eigenvalue weighted by molar-refractivity contribution is -0.130. The van der Waals surface area contributed by atoms with Crippen LogP contribution in [0.2, 0.25) is 0 Å². The van der Waals surface area contributed by atoms with Crippen LogP contribution in [0.5, 0.6) is 0 Å². The lowest BCUT2D eigenvalue weighted by Gasteiger charge is -2.35. The number of benzene rings is 2. The van der Waals surface area contributed by atoms with Gasteiger partial charge in [-0.25, -0.2) is 8.78 Å². The molecule has 0 bridgehead atoms. The first-order valence-electron chi connectivity index (χ1n) is 9.47. The number of carbonyl (C=O) groups is 1.